The van der Waals surface area contributed by atoms with Crippen molar-refractivity contribution in [2.45, 2.75) is 13.8 Å². The molecule has 0 atom stereocenters. The summed E-state index contributed by atoms with van der Waals surface area (Å²) in [5.41, 5.74) is 1.57. The molecule has 3 rings (SSSR count). The molecule has 1 amide bonds. The van der Waals surface area contributed by atoms with Gasteiger partial charge in [-0.25, -0.2) is 4.79 Å². The molecule has 5 nitrogen and oxygen atoms in total. The SMILES string of the molecule is CC(C)COC(=O)c1ccc(NC(=O)c2cc3cc(Cl)ccc3o2)cc1. The minimum absolute atomic E-state index is 0.183. The van der Waals surface area contributed by atoms with Gasteiger partial charge >= 0.3 is 5.97 Å². The van der Waals surface area contributed by atoms with Crippen molar-refractivity contribution in [3.05, 3.63) is 64.9 Å². The summed E-state index contributed by atoms with van der Waals surface area (Å²) in [6.45, 7) is 4.31. The van der Waals surface area contributed by atoms with Crippen LogP contribution in [0.1, 0.15) is 34.8 Å². The molecule has 1 aromatic heterocycles. The van der Waals surface area contributed by atoms with Gasteiger partial charge in [-0.15, -0.1) is 0 Å². The number of hydrogen-bond donors (Lipinski definition) is 1. The first-order valence-corrected chi connectivity index (χ1v) is 8.58. The van der Waals surface area contributed by atoms with Crippen LogP contribution < -0.4 is 5.32 Å². The third-order valence-corrected chi connectivity index (χ3v) is 3.86. The van der Waals surface area contributed by atoms with E-state index in [4.69, 9.17) is 20.8 Å². The minimum atomic E-state index is -0.384. The molecule has 1 heterocycles. The van der Waals surface area contributed by atoms with Gasteiger partial charge in [-0.3, -0.25) is 4.79 Å². The number of furan rings is 1. The van der Waals surface area contributed by atoms with E-state index in [0.717, 1.165) is 5.39 Å². The lowest BCUT2D eigenvalue weighted by atomic mass is 10.2. The quantitative estimate of drug-likeness (QED) is 0.629. The highest BCUT2D eigenvalue weighted by Crippen LogP contribution is 2.23. The maximum absolute atomic E-state index is 12.3. The second-order valence-electron chi connectivity index (χ2n) is 6.32. The fourth-order valence-electron chi connectivity index (χ4n) is 2.33. The molecule has 3 aromatic rings. The maximum atomic E-state index is 12.3. The van der Waals surface area contributed by atoms with Crippen molar-refractivity contribution in [2.75, 3.05) is 11.9 Å². The molecule has 0 spiro atoms. The topological polar surface area (TPSA) is 68.5 Å². The summed E-state index contributed by atoms with van der Waals surface area (Å²) in [7, 11) is 0. The van der Waals surface area contributed by atoms with E-state index in [0.29, 0.717) is 28.5 Å². The number of rotatable bonds is 5. The number of carbonyl (C=O) groups is 2. The van der Waals surface area contributed by atoms with Crippen molar-refractivity contribution in [1.82, 2.24) is 0 Å². The van der Waals surface area contributed by atoms with Crippen LogP contribution in [0.3, 0.4) is 0 Å². The zero-order valence-corrected chi connectivity index (χ0v) is 15.2. The second-order valence-corrected chi connectivity index (χ2v) is 6.75. The molecule has 0 aliphatic rings. The van der Waals surface area contributed by atoms with Crippen LogP contribution in [0.2, 0.25) is 5.02 Å². The molecule has 26 heavy (non-hydrogen) atoms. The van der Waals surface area contributed by atoms with Crippen molar-refractivity contribution in [1.29, 1.82) is 0 Å². The highest BCUT2D eigenvalue weighted by atomic mass is 35.5. The van der Waals surface area contributed by atoms with Crippen molar-refractivity contribution < 1.29 is 18.7 Å². The van der Waals surface area contributed by atoms with Gasteiger partial charge in [0.25, 0.3) is 5.91 Å². The molecule has 0 bridgehead atoms. The molecule has 134 valence electrons. The highest BCUT2D eigenvalue weighted by molar-refractivity contribution is 6.31. The van der Waals surface area contributed by atoms with Crippen LogP contribution in [0.25, 0.3) is 11.0 Å². The normalized spacial score (nSPS) is 10.9. The average molecular weight is 372 g/mol. The summed E-state index contributed by atoms with van der Waals surface area (Å²) in [6.07, 6.45) is 0. The summed E-state index contributed by atoms with van der Waals surface area (Å²) in [5.74, 6) is -0.308. The number of ether oxygens (including phenoxy) is 1. The van der Waals surface area contributed by atoms with E-state index in [9.17, 15) is 9.59 Å². The Morgan fingerprint density at radius 1 is 1.12 bits per heavy atom. The highest BCUT2D eigenvalue weighted by Gasteiger charge is 2.14. The van der Waals surface area contributed by atoms with Crippen molar-refractivity contribution in [3.63, 3.8) is 0 Å². The maximum Gasteiger partial charge on any atom is 0.338 e. The fourth-order valence-corrected chi connectivity index (χ4v) is 2.51. The predicted molar refractivity (Wildman–Crippen MR) is 101 cm³/mol. The van der Waals surface area contributed by atoms with Crippen LogP contribution in [0.4, 0.5) is 5.69 Å². The van der Waals surface area contributed by atoms with Crippen LogP contribution in [0.5, 0.6) is 0 Å². The van der Waals surface area contributed by atoms with Crippen molar-refractivity contribution in [3.8, 4) is 0 Å². The molecule has 0 fully saturated rings. The van der Waals surface area contributed by atoms with E-state index < -0.39 is 0 Å². The lowest BCUT2D eigenvalue weighted by Crippen LogP contribution is -2.12. The van der Waals surface area contributed by atoms with Gasteiger partial charge in [0.05, 0.1) is 12.2 Å². The first-order chi connectivity index (χ1) is 12.4. The van der Waals surface area contributed by atoms with E-state index in [1.165, 1.54) is 0 Å². The van der Waals surface area contributed by atoms with E-state index in [1.807, 2.05) is 13.8 Å². The predicted octanol–water partition coefficient (Wildman–Crippen LogP) is 5.15. The van der Waals surface area contributed by atoms with Crippen LogP contribution in [-0.4, -0.2) is 18.5 Å². The van der Waals surface area contributed by atoms with Crippen LogP contribution in [0, 0.1) is 5.92 Å². The van der Waals surface area contributed by atoms with E-state index in [2.05, 4.69) is 5.32 Å². The van der Waals surface area contributed by atoms with E-state index >= 15 is 0 Å². The molecular weight excluding hydrogens is 354 g/mol. The summed E-state index contributed by atoms with van der Waals surface area (Å²) >= 11 is 5.94. The summed E-state index contributed by atoms with van der Waals surface area (Å²) in [5, 5.41) is 4.06. The molecule has 2 aromatic carbocycles. The molecule has 0 aliphatic carbocycles. The Bertz CT molecular complexity index is 944. The lowest BCUT2D eigenvalue weighted by Gasteiger charge is -2.08. The summed E-state index contributed by atoms with van der Waals surface area (Å²) < 4.78 is 10.7. The number of amides is 1. The number of fused-ring (bicyclic) bond motifs is 1. The molecule has 1 N–H and O–H groups in total. The Kier molecular flexibility index (Phi) is 5.28. The molecule has 0 aliphatic heterocycles. The van der Waals surface area contributed by atoms with Crippen molar-refractivity contribution >= 4 is 40.1 Å². The fraction of sp³-hybridized carbons (Fsp3) is 0.200. The minimum Gasteiger partial charge on any atom is -0.462 e. The van der Waals surface area contributed by atoms with Gasteiger partial charge in [0, 0.05) is 16.1 Å². The number of benzene rings is 2. The number of carbonyl (C=O) groups excluding carboxylic acids is 2. The Morgan fingerprint density at radius 3 is 2.54 bits per heavy atom. The number of nitrogens with one attached hydrogen (secondary N) is 1. The zero-order chi connectivity index (χ0) is 18.7. The molecular formula is C20H18ClNO4. The van der Waals surface area contributed by atoms with E-state index in [-0.39, 0.29) is 23.6 Å². The number of hydrogen-bond acceptors (Lipinski definition) is 4. The first-order valence-electron chi connectivity index (χ1n) is 8.20. The Balaban J connectivity index is 1.67. The third kappa shape index (κ3) is 4.24. The molecule has 6 heteroatoms. The zero-order valence-electron chi connectivity index (χ0n) is 14.4. The van der Waals surface area contributed by atoms with Gasteiger partial charge in [-0.1, -0.05) is 25.4 Å². The van der Waals surface area contributed by atoms with Gasteiger partial charge in [0.15, 0.2) is 5.76 Å². The standard InChI is InChI=1S/C20H18ClNO4/c1-12(2)11-25-20(24)13-3-6-16(7-4-13)22-19(23)18-10-14-9-15(21)5-8-17(14)26-18/h3-10,12H,11H2,1-2H3,(H,22,23). The molecule has 0 unspecified atom stereocenters. The Hall–Kier alpha value is -2.79. The van der Waals surface area contributed by atoms with Gasteiger partial charge in [-0.05, 0) is 54.4 Å². The molecule has 0 saturated heterocycles. The monoisotopic (exact) mass is 371 g/mol. The lowest BCUT2D eigenvalue weighted by molar-refractivity contribution is 0.0459. The van der Waals surface area contributed by atoms with Crippen LogP contribution >= 0.6 is 11.6 Å². The first kappa shape index (κ1) is 18.0. The van der Waals surface area contributed by atoms with Crippen LogP contribution in [-0.2, 0) is 4.74 Å². The third-order valence-electron chi connectivity index (χ3n) is 3.63. The molecule has 0 radical (unpaired) electrons. The Labute approximate surface area is 155 Å². The number of esters is 1. The number of halogens is 1. The molecule has 0 saturated carbocycles. The summed E-state index contributed by atoms with van der Waals surface area (Å²) in [4.78, 5) is 24.2. The second kappa shape index (κ2) is 7.62. The Morgan fingerprint density at radius 2 is 1.85 bits per heavy atom. The van der Waals surface area contributed by atoms with Gasteiger partial charge < -0.3 is 14.5 Å². The number of anilines is 1. The van der Waals surface area contributed by atoms with E-state index in [1.54, 1.807) is 48.5 Å². The summed E-state index contributed by atoms with van der Waals surface area (Å²) in [6, 6.07) is 13.3. The van der Waals surface area contributed by atoms with Crippen molar-refractivity contribution in [2.24, 2.45) is 5.92 Å². The average Bonchev–Trinajstić information content (AvgIpc) is 3.03. The van der Waals surface area contributed by atoms with Crippen LogP contribution in [0.15, 0.2) is 52.9 Å². The van der Waals surface area contributed by atoms with Gasteiger partial charge in [-0.2, -0.15) is 0 Å². The smallest absolute Gasteiger partial charge is 0.338 e. The van der Waals surface area contributed by atoms with Gasteiger partial charge in [0.2, 0.25) is 0 Å². The van der Waals surface area contributed by atoms with Gasteiger partial charge in [0.1, 0.15) is 5.58 Å². The largest absolute Gasteiger partial charge is 0.462 e.